The van der Waals surface area contributed by atoms with E-state index in [0.717, 1.165) is 10.0 Å². The second kappa shape index (κ2) is 5.69. The topological polar surface area (TPSA) is 48.1 Å². The number of hydrogen-bond acceptors (Lipinski definition) is 3. The third-order valence-electron chi connectivity index (χ3n) is 2.39. The van der Waals surface area contributed by atoms with Gasteiger partial charge in [-0.3, -0.25) is 4.98 Å². The molecule has 0 unspecified atom stereocenters. The molecule has 0 bridgehead atoms. The number of nitrogens with zero attached hydrogens (tertiary/aromatic N) is 1. The Hall–Kier alpha value is -1.10. The number of benzene rings is 1. The van der Waals surface area contributed by atoms with Crippen molar-refractivity contribution < 1.29 is 4.74 Å². The van der Waals surface area contributed by atoms with Crippen LogP contribution >= 0.6 is 27.5 Å². The quantitative estimate of drug-likeness (QED) is 0.914. The van der Waals surface area contributed by atoms with Crippen LogP contribution < -0.4 is 10.5 Å². The van der Waals surface area contributed by atoms with Crippen molar-refractivity contribution in [3.8, 4) is 11.5 Å². The Morgan fingerprint density at radius 1 is 1.33 bits per heavy atom. The van der Waals surface area contributed by atoms with Crippen LogP contribution in [0.5, 0.6) is 11.5 Å². The maximum Gasteiger partial charge on any atom is 0.146 e. The molecule has 2 rings (SSSR count). The highest BCUT2D eigenvalue weighted by atomic mass is 79.9. The van der Waals surface area contributed by atoms with Crippen molar-refractivity contribution >= 4 is 27.5 Å². The monoisotopic (exact) mass is 326 g/mol. The first-order valence-corrected chi connectivity index (χ1v) is 6.57. The highest BCUT2D eigenvalue weighted by Crippen LogP contribution is 2.31. The van der Waals surface area contributed by atoms with E-state index in [1.165, 1.54) is 0 Å². The smallest absolute Gasteiger partial charge is 0.146 e. The van der Waals surface area contributed by atoms with E-state index in [0.29, 0.717) is 16.5 Å². The SMILES string of the molecule is C[C@@H](N)c1ccc(Oc2cncc(Br)c2)c(Cl)c1. The molecule has 1 aromatic heterocycles. The summed E-state index contributed by atoms with van der Waals surface area (Å²) < 4.78 is 6.51. The lowest BCUT2D eigenvalue weighted by atomic mass is 10.1. The zero-order chi connectivity index (χ0) is 13.1. The number of hydrogen-bond donors (Lipinski definition) is 1. The zero-order valence-electron chi connectivity index (χ0n) is 9.73. The van der Waals surface area contributed by atoms with Crippen molar-refractivity contribution in [3.05, 3.63) is 51.7 Å². The number of halogens is 2. The second-order valence-corrected chi connectivity index (χ2v) is 5.24. The molecule has 0 fully saturated rings. The predicted molar refractivity (Wildman–Crippen MR) is 76.1 cm³/mol. The summed E-state index contributed by atoms with van der Waals surface area (Å²) in [5.74, 6) is 1.21. The molecule has 0 spiro atoms. The Kier molecular flexibility index (Phi) is 4.22. The van der Waals surface area contributed by atoms with Crippen LogP contribution in [0, 0.1) is 0 Å². The Labute approximate surface area is 119 Å². The van der Waals surface area contributed by atoms with Crippen LogP contribution in [-0.2, 0) is 0 Å². The average Bonchev–Trinajstić information content (AvgIpc) is 2.31. The van der Waals surface area contributed by atoms with Crippen LogP contribution in [0.4, 0.5) is 0 Å². The van der Waals surface area contributed by atoms with E-state index in [2.05, 4.69) is 20.9 Å². The molecule has 94 valence electrons. The molecule has 5 heteroatoms. The van der Waals surface area contributed by atoms with Gasteiger partial charge in [-0.1, -0.05) is 17.7 Å². The first-order chi connectivity index (χ1) is 8.56. The van der Waals surface area contributed by atoms with Gasteiger partial charge in [-0.15, -0.1) is 0 Å². The van der Waals surface area contributed by atoms with E-state index < -0.39 is 0 Å². The molecule has 1 heterocycles. The molecule has 0 radical (unpaired) electrons. The molecule has 0 aliphatic heterocycles. The van der Waals surface area contributed by atoms with Crippen molar-refractivity contribution in [2.45, 2.75) is 13.0 Å². The average molecular weight is 328 g/mol. The van der Waals surface area contributed by atoms with Gasteiger partial charge in [0.05, 0.1) is 11.2 Å². The van der Waals surface area contributed by atoms with Gasteiger partial charge in [0.25, 0.3) is 0 Å². The van der Waals surface area contributed by atoms with Crippen LogP contribution in [0.15, 0.2) is 41.1 Å². The maximum absolute atomic E-state index is 6.15. The van der Waals surface area contributed by atoms with Gasteiger partial charge in [-0.2, -0.15) is 0 Å². The molecule has 0 saturated heterocycles. The maximum atomic E-state index is 6.15. The third-order valence-corrected chi connectivity index (χ3v) is 3.12. The van der Waals surface area contributed by atoms with E-state index in [1.807, 2.05) is 31.2 Å². The number of rotatable bonds is 3. The highest BCUT2D eigenvalue weighted by Gasteiger charge is 2.07. The third kappa shape index (κ3) is 3.22. The Morgan fingerprint density at radius 2 is 2.11 bits per heavy atom. The number of nitrogens with two attached hydrogens (primary N) is 1. The van der Waals surface area contributed by atoms with Crippen LogP contribution in [0.25, 0.3) is 0 Å². The minimum Gasteiger partial charge on any atom is -0.454 e. The van der Waals surface area contributed by atoms with Crippen molar-refractivity contribution in [3.63, 3.8) is 0 Å². The zero-order valence-corrected chi connectivity index (χ0v) is 12.1. The van der Waals surface area contributed by atoms with Crippen molar-refractivity contribution in [2.24, 2.45) is 5.73 Å². The molecular formula is C13H12BrClN2O. The summed E-state index contributed by atoms with van der Waals surface area (Å²) in [6.07, 6.45) is 3.31. The standard InChI is InChI=1S/C13H12BrClN2O/c1-8(16)9-2-3-13(12(15)4-9)18-11-5-10(14)6-17-7-11/h2-8H,16H2,1H3/t8-/m1/s1. The molecule has 0 saturated carbocycles. The van der Waals surface area contributed by atoms with Crippen molar-refractivity contribution in [1.29, 1.82) is 0 Å². The molecule has 0 aliphatic carbocycles. The largest absolute Gasteiger partial charge is 0.454 e. The van der Waals surface area contributed by atoms with Gasteiger partial charge in [0.2, 0.25) is 0 Å². The summed E-state index contributed by atoms with van der Waals surface area (Å²) in [6, 6.07) is 7.29. The van der Waals surface area contributed by atoms with Crippen LogP contribution in [0.2, 0.25) is 5.02 Å². The summed E-state index contributed by atoms with van der Waals surface area (Å²) >= 11 is 9.48. The fourth-order valence-electron chi connectivity index (χ4n) is 1.46. The van der Waals surface area contributed by atoms with Gasteiger partial charge >= 0.3 is 0 Å². The second-order valence-electron chi connectivity index (χ2n) is 3.92. The first-order valence-electron chi connectivity index (χ1n) is 5.39. The molecule has 1 atom stereocenters. The fourth-order valence-corrected chi connectivity index (χ4v) is 2.03. The summed E-state index contributed by atoms with van der Waals surface area (Å²) in [4.78, 5) is 4.02. The lowest BCUT2D eigenvalue weighted by Gasteiger charge is -2.10. The van der Waals surface area contributed by atoms with Gasteiger partial charge in [0, 0.05) is 16.7 Å². The number of ether oxygens (including phenoxy) is 1. The highest BCUT2D eigenvalue weighted by molar-refractivity contribution is 9.10. The van der Waals surface area contributed by atoms with Crippen LogP contribution in [0.1, 0.15) is 18.5 Å². The van der Waals surface area contributed by atoms with E-state index in [9.17, 15) is 0 Å². The number of pyridine rings is 1. The van der Waals surface area contributed by atoms with Crippen molar-refractivity contribution in [2.75, 3.05) is 0 Å². The minimum atomic E-state index is -0.0518. The Bertz CT molecular complexity index is 560. The molecular weight excluding hydrogens is 316 g/mol. The summed E-state index contributed by atoms with van der Waals surface area (Å²) in [6.45, 7) is 1.91. The van der Waals surface area contributed by atoms with E-state index in [4.69, 9.17) is 22.1 Å². The normalized spacial score (nSPS) is 12.2. The molecule has 0 aliphatic rings. The Balaban J connectivity index is 2.24. The first kappa shape index (κ1) is 13.3. The van der Waals surface area contributed by atoms with Crippen molar-refractivity contribution in [1.82, 2.24) is 4.98 Å². The Morgan fingerprint density at radius 3 is 2.72 bits per heavy atom. The molecule has 0 amide bonds. The minimum absolute atomic E-state index is 0.0518. The van der Waals surface area contributed by atoms with E-state index in [1.54, 1.807) is 12.4 Å². The van der Waals surface area contributed by atoms with Gasteiger partial charge in [0.1, 0.15) is 11.5 Å². The molecule has 2 aromatic rings. The lowest BCUT2D eigenvalue weighted by Crippen LogP contribution is -2.04. The van der Waals surface area contributed by atoms with Crippen LogP contribution in [-0.4, -0.2) is 4.98 Å². The lowest BCUT2D eigenvalue weighted by molar-refractivity contribution is 0.480. The predicted octanol–water partition coefficient (Wildman–Crippen LogP) is 4.31. The van der Waals surface area contributed by atoms with Gasteiger partial charge in [0.15, 0.2) is 0 Å². The van der Waals surface area contributed by atoms with E-state index >= 15 is 0 Å². The molecule has 1 aromatic carbocycles. The number of aromatic nitrogens is 1. The summed E-state index contributed by atoms with van der Waals surface area (Å²) in [5.41, 5.74) is 6.76. The van der Waals surface area contributed by atoms with E-state index in [-0.39, 0.29) is 6.04 Å². The summed E-state index contributed by atoms with van der Waals surface area (Å²) in [5, 5.41) is 0.532. The van der Waals surface area contributed by atoms with Gasteiger partial charge in [-0.25, -0.2) is 0 Å². The fraction of sp³-hybridized carbons (Fsp3) is 0.154. The van der Waals surface area contributed by atoms with Gasteiger partial charge in [-0.05, 0) is 46.6 Å². The molecule has 2 N–H and O–H groups in total. The van der Waals surface area contributed by atoms with Crippen LogP contribution in [0.3, 0.4) is 0 Å². The molecule has 18 heavy (non-hydrogen) atoms. The molecule has 3 nitrogen and oxygen atoms in total. The van der Waals surface area contributed by atoms with Gasteiger partial charge < -0.3 is 10.5 Å². The summed E-state index contributed by atoms with van der Waals surface area (Å²) in [7, 11) is 0.